The van der Waals surface area contributed by atoms with Crippen LogP contribution >= 0.6 is 0 Å². The van der Waals surface area contributed by atoms with E-state index in [2.05, 4.69) is 17.2 Å². The van der Waals surface area contributed by atoms with E-state index in [1.54, 1.807) is 11.1 Å². The molecule has 1 atom stereocenters. The summed E-state index contributed by atoms with van der Waals surface area (Å²) in [5.41, 5.74) is 7.80. The molecule has 0 bridgehead atoms. The van der Waals surface area contributed by atoms with E-state index in [0.29, 0.717) is 19.5 Å². The molecule has 2 aromatic rings. The number of hydrogen-bond donors (Lipinski definition) is 1. The lowest BCUT2D eigenvalue weighted by Crippen LogP contribution is -2.27. The van der Waals surface area contributed by atoms with Crippen LogP contribution in [0.4, 0.5) is 5.69 Å². The van der Waals surface area contributed by atoms with E-state index < -0.39 is 0 Å². The second-order valence-electron chi connectivity index (χ2n) is 4.85. The number of amides is 1. The molecule has 1 aliphatic heterocycles. The van der Waals surface area contributed by atoms with E-state index in [9.17, 15) is 4.79 Å². The first-order valence-electron chi connectivity index (χ1n) is 6.35. The number of nitrogens with zero attached hydrogens (tertiary/aromatic N) is 3. The van der Waals surface area contributed by atoms with E-state index in [-0.39, 0.29) is 11.9 Å². The first-order chi connectivity index (χ1) is 9.22. The van der Waals surface area contributed by atoms with Crippen LogP contribution in [-0.2, 0) is 11.3 Å². The molecule has 0 spiro atoms. The number of rotatable bonds is 3. The molecular weight excluding hydrogens is 240 g/mol. The molecular formula is C14H16N4O. The SMILES string of the molecule is NC1CC(=O)N(c2cnn(Cc3ccccc3)c2)C1. The maximum Gasteiger partial charge on any atom is 0.228 e. The van der Waals surface area contributed by atoms with Gasteiger partial charge in [0.15, 0.2) is 0 Å². The lowest BCUT2D eigenvalue weighted by atomic mass is 10.2. The highest BCUT2D eigenvalue weighted by Gasteiger charge is 2.28. The van der Waals surface area contributed by atoms with Gasteiger partial charge in [0.2, 0.25) is 5.91 Å². The zero-order valence-corrected chi connectivity index (χ0v) is 10.6. The van der Waals surface area contributed by atoms with Gasteiger partial charge in [0, 0.05) is 25.2 Å². The third kappa shape index (κ3) is 2.51. The van der Waals surface area contributed by atoms with Crippen LogP contribution < -0.4 is 10.6 Å². The van der Waals surface area contributed by atoms with E-state index in [4.69, 9.17) is 5.73 Å². The Morgan fingerprint density at radius 1 is 1.32 bits per heavy atom. The molecule has 0 saturated carbocycles. The molecule has 98 valence electrons. The van der Waals surface area contributed by atoms with Gasteiger partial charge in [0.1, 0.15) is 0 Å². The molecule has 1 saturated heterocycles. The number of carbonyl (C=O) groups is 1. The molecule has 2 heterocycles. The third-order valence-electron chi connectivity index (χ3n) is 3.27. The van der Waals surface area contributed by atoms with Crippen LogP contribution in [0.2, 0.25) is 0 Å². The first kappa shape index (κ1) is 11.9. The van der Waals surface area contributed by atoms with Crippen molar-refractivity contribution in [2.75, 3.05) is 11.4 Å². The maximum absolute atomic E-state index is 11.8. The number of anilines is 1. The van der Waals surface area contributed by atoms with Crippen molar-refractivity contribution in [1.29, 1.82) is 0 Å². The van der Waals surface area contributed by atoms with Crippen molar-refractivity contribution in [2.45, 2.75) is 19.0 Å². The van der Waals surface area contributed by atoms with Crippen molar-refractivity contribution in [2.24, 2.45) is 5.73 Å². The molecule has 5 nitrogen and oxygen atoms in total. The van der Waals surface area contributed by atoms with Gasteiger partial charge >= 0.3 is 0 Å². The highest BCUT2D eigenvalue weighted by molar-refractivity contribution is 5.95. The van der Waals surface area contributed by atoms with Gasteiger partial charge in [-0.1, -0.05) is 30.3 Å². The second-order valence-corrected chi connectivity index (χ2v) is 4.85. The number of aromatic nitrogens is 2. The summed E-state index contributed by atoms with van der Waals surface area (Å²) < 4.78 is 1.84. The predicted octanol–water partition coefficient (Wildman–Crippen LogP) is 0.995. The van der Waals surface area contributed by atoms with E-state index in [1.165, 1.54) is 5.56 Å². The summed E-state index contributed by atoms with van der Waals surface area (Å²) in [5.74, 6) is 0.0757. The van der Waals surface area contributed by atoms with Crippen molar-refractivity contribution in [3.8, 4) is 0 Å². The second kappa shape index (κ2) is 4.85. The lowest BCUT2D eigenvalue weighted by molar-refractivity contribution is -0.117. The van der Waals surface area contributed by atoms with Crippen LogP contribution in [0.15, 0.2) is 42.7 Å². The van der Waals surface area contributed by atoms with Crippen LogP contribution in [0.5, 0.6) is 0 Å². The fourth-order valence-corrected chi connectivity index (χ4v) is 2.33. The number of benzene rings is 1. The molecule has 5 heteroatoms. The Morgan fingerprint density at radius 3 is 2.79 bits per heavy atom. The molecule has 1 aromatic heterocycles. The Morgan fingerprint density at radius 2 is 2.11 bits per heavy atom. The molecule has 19 heavy (non-hydrogen) atoms. The molecule has 1 unspecified atom stereocenters. The Labute approximate surface area is 111 Å². The summed E-state index contributed by atoms with van der Waals surface area (Å²) in [6.07, 6.45) is 4.03. The number of nitrogens with two attached hydrogens (primary N) is 1. The van der Waals surface area contributed by atoms with E-state index in [0.717, 1.165) is 5.69 Å². The minimum absolute atomic E-state index is 0.0648. The van der Waals surface area contributed by atoms with Gasteiger partial charge < -0.3 is 10.6 Å². The molecule has 1 aromatic carbocycles. The topological polar surface area (TPSA) is 64.2 Å². The molecule has 1 aliphatic rings. The van der Waals surface area contributed by atoms with Crippen LogP contribution in [0.1, 0.15) is 12.0 Å². The normalized spacial score (nSPS) is 19.1. The predicted molar refractivity (Wildman–Crippen MR) is 72.7 cm³/mol. The van der Waals surface area contributed by atoms with Crippen molar-refractivity contribution in [1.82, 2.24) is 9.78 Å². The van der Waals surface area contributed by atoms with E-state index >= 15 is 0 Å². The number of hydrogen-bond acceptors (Lipinski definition) is 3. The fraction of sp³-hybridized carbons (Fsp3) is 0.286. The standard InChI is InChI=1S/C14H16N4O/c15-12-6-14(19)18(9-12)13-7-16-17(10-13)8-11-4-2-1-3-5-11/h1-5,7,10,12H,6,8-9,15H2. The Hall–Kier alpha value is -2.14. The van der Waals surface area contributed by atoms with Crippen molar-refractivity contribution < 1.29 is 4.79 Å². The van der Waals surface area contributed by atoms with Gasteiger partial charge in [0.05, 0.1) is 18.4 Å². The van der Waals surface area contributed by atoms with E-state index in [1.807, 2.05) is 29.1 Å². The Balaban J connectivity index is 1.75. The molecule has 0 radical (unpaired) electrons. The van der Waals surface area contributed by atoms with Gasteiger partial charge in [-0.25, -0.2) is 0 Å². The quantitative estimate of drug-likeness (QED) is 0.891. The molecule has 0 aliphatic carbocycles. The highest BCUT2D eigenvalue weighted by atomic mass is 16.2. The number of carbonyl (C=O) groups excluding carboxylic acids is 1. The first-order valence-corrected chi connectivity index (χ1v) is 6.35. The van der Waals surface area contributed by atoms with Crippen LogP contribution in [0.3, 0.4) is 0 Å². The molecule has 1 amide bonds. The van der Waals surface area contributed by atoms with Crippen molar-refractivity contribution in [3.63, 3.8) is 0 Å². The summed E-state index contributed by atoms with van der Waals surface area (Å²) in [4.78, 5) is 13.5. The van der Waals surface area contributed by atoms with Gasteiger partial charge in [-0.05, 0) is 5.56 Å². The minimum atomic E-state index is -0.0648. The minimum Gasteiger partial charge on any atom is -0.326 e. The largest absolute Gasteiger partial charge is 0.326 e. The van der Waals surface area contributed by atoms with Crippen LogP contribution in [0, 0.1) is 0 Å². The molecule has 2 N–H and O–H groups in total. The van der Waals surface area contributed by atoms with Gasteiger partial charge in [-0.3, -0.25) is 9.48 Å². The smallest absolute Gasteiger partial charge is 0.228 e. The van der Waals surface area contributed by atoms with Crippen molar-refractivity contribution in [3.05, 3.63) is 48.3 Å². The van der Waals surface area contributed by atoms with Crippen molar-refractivity contribution >= 4 is 11.6 Å². The van der Waals surface area contributed by atoms with Gasteiger partial charge in [0.25, 0.3) is 0 Å². The zero-order chi connectivity index (χ0) is 13.2. The zero-order valence-electron chi connectivity index (χ0n) is 10.6. The highest BCUT2D eigenvalue weighted by Crippen LogP contribution is 2.20. The average Bonchev–Trinajstić information content (AvgIpc) is 2.97. The molecule has 3 rings (SSSR count). The maximum atomic E-state index is 11.8. The van der Waals surface area contributed by atoms with Gasteiger partial charge in [-0.15, -0.1) is 0 Å². The average molecular weight is 256 g/mol. The van der Waals surface area contributed by atoms with Gasteiger partial charge in [-0.2, -0.15) is 5.10 Å². The summed E-state index contributed by atoms with van der Waals surface area (Å²) >= 11 is 0. The summed E-state index contributed by atoms with van der Waals surface area (Å²) in [6.45, 7) is 1.28. The Bertz CT molecular complexity index is 578. The lowest BCUT2D eigenvalue weighted by Gasteiger charge is -2.12. The third-order valence-corrected chi connectivity index (χ3v) is 3.27. The summed E-state index contributed by atoms with van der Waals surface area (Å²) in [6, 6.07) is 10.0. The fourth-order valence-electron chi connectivity index (χ4n) is 2.33. The van der Waals surface area contributed by atoms with Crippen LogP contribution in [-0.4, -0.2) is 28.3 Å². The van der Waals surface area contributed by atoms with Crippen LogP contribution in [0.25, 0.3) is 0 Å². The summed E-state index contributed by atoms with van der Waals surface area (Å²) in [7, 11) is 0. The molecule has 1 fully saturated rings. The summed E-state index contributed by atoms with van der Waals surface area (Å²) in [5, 5.41) is 4.30. The monoisotopic (exact) mass is 256 g/mol. The Kier molecular flexibility index (Phi) is 3.05.